The quantitative estimate of drug-likeness (QED) is 0.829. The van der Waals surface area contributed by atoms with Crippen molar-refractivity contribution in [2.24, 2.45) is 5.92 Å². The molecule has 0 fully saturated rings. The van der Waals surface area contributed by atoms with Crippen LogP contribution < -0.4 is 5.32 Å². The maximum Gasteiger partial charge on any atom is 0.306 e. The molecule has 1 aromatic heterocycles. The normalized spacial score (nSPS) is 12.1. The smallest absolute Gasteiger partial charge is 0.306 e. The van der Waals surface area contributed by atoms with Crippen molar-refractivity contribution in [3.05, 3.63) is 23.1 Å². The Labute approximate surface area is 97.4 Å². The van der Waals surface area contributed by atoms with E-state index in [1.165, 1.54) is 12.1 Å². The molecule has 6 heteroatoms. The molecular formula is C10H12ClNO4. The Bertz CT molecular complexity index is 388. The van der Waals surface area contributed by atoms with Gasteiger partial charge in [0.15, 0.2) is 11.0 Å². The molecule has 0 bridgehead atoms. The van der Waals surface area contributed by atoms with E-state index in [2.05, 4.69) is 5.32 Å². The Morgan fingerprint density at radius 2 is 2.25 bits per heavy atom. The minimum Gasteiger partial charge on any atom is -0.481 e. The van der Waals surface area contributed by atoms with Crippen LogP contribution in [0.3, 0.4) is 0 Å². The summed E-state index contributed by atoms with van der Waals surface area (Å²) in [6.07, 6.45) is 0.371. The zero-order valence-corrected chi connectivity index (χ0v) is 9.45. The molecule has 1 unspecified atom stereocenters. The van der Waals surface area contributed by atoms with Gasteiger partial charge in [0.05, 0.1) is 5.92 Å². The number of aliphatic carboxylic acids is 1. The third-order valence-electron chi connectivity index (χ3n) is 2.08. The summed E-state index contributed by atoms with van der Waals surface area (Å²) in [5.74, 6) is -1.65. The highest BCUT2D eigenvalue weighted by Gasteiger charge is 2.13. The first-order chi connectivity index (χ1) is 7.50. The summed E-state index contributed by atoms with van der Waals surface area (Å²) in [6.45, 7) is 1.86. The third-order valence-corrected chi connectivity index (χ3v) is 2.28. The Morgan fingerprint density at radius 1 is 1.56 bits per heavy atom. The highest BCUT2D eigenvalue weighted by Crippen LogP contribution is 2.12. The van der Waals surface area contributed by atoms with Gasteiger partial charge in [-0.1, -0.05) is 6.92 Å². The summed E-state index contributed by atoms with van der Waals surface area (Å²) in [5, 5.41) is 11.3. The second-order valence-corrected chi connectivity index (χ2v) is 3.76. The van der Waals surface area contributed by atoms with E-state index in [4.69, 9.17) is 21.1 Å². The van der Waals surface area contributed by atoms with Crippen LogP contribution in [0.25, 0.3) is 0 Å². The number of carbonyl (C=O) groups excluding carboxylic acids is 1. The number of rotatable bonds is 5. The van der Waals surface area contributed by atoms with Crippen molar-refractivity contribution in [2.75, 3.05) is 6.54 Å². The Kier molecular flexibility index (Phi) is 4.37. The maximum absolute atomic E-state index is 11.4. The number of carbonyl (C=O) groups is 2. The lowest BCUT2D eigenvalue weighted by Gasteiger charge is -2.06. The van der Waals surface area contributed by atoms with Gasteiger partial charge < -0.3 is 14.8 Å². The van der Waals surface area contributed by atoms with Gasteiger partial charge in [0.1, 0.15) is 0 Å². The van der Waals surface area contributed by atoms with Crippen molar-refractivity contribution in [2.45, 2.75) is 13.3 Å². The van der Waals surface area contributed by atoms with Crippen molar-refractivity contribution in [3.63, 3.8) is 0 Å². The van der Waals surface area contributed by atoms with Crippen molar-refractivity contribution in [1.29, 1.82) is 0 Å². The fraction of sp³-hybridized carbons (Fsp3) is 0.400. The molecule has 88 valence electrons. The van der Waals surface area contributed by atoms with Crippen molar-refractivity contribution in [3.8, 4) is 0 Å². The van der Waals surface area contributed by atoms with E-state index in [9.17, 15) is 9.59 Å². The largest absolute Gasteiger partial charge is 0.481 e. The zero-order valence-electron chi connectivity index (χ0n) is 8.70. The highest BCUT2D eigenvalue weighted by atomic mass is 35.5. The predicted octanol–water partition coefficient (Wildman–Crippen LogP) is 1.77. The summed E-state index contributed by atoms with van der Waals surface area (Å²) >= 11 is 5.51. The van der Waals surface area contributed by atoms with Crippen molar-refractivity contribution in [1.82, 2.24) is 5.32 Å². The first-order valence-electron chi connectivity index (χ1n) is 4.77. The second kappa shape index (κ2) is 5.55. The van der Waals surface area contributed by atoms with Crippen molar-refractivity contribution < 1.29 is 19.1 Å². The molecule has 0 saturated carbocycles. The molecule has 1 rings (SSSR count). The SMILES string of the molecule is CC(CCNC(=O)c1ccc(Cl)o1)C(=O)O. The van der Waals surface area contributed by atoms with Crippen molar-refractivity contribution >= 4 is 23.5 Å². The van der Waals surface area contributed by atoms with Crippen LogP contribution in [0.5, 0.6) is 0 Å². The van der Waals surface area contributed by atoms with Crippen LogP contribution in [0, 0.1) is 5.92 Å². The average molecular weight is 246 g/mol. The summed E-state index contributed by atoms with van der Waals surface area (Å²) in [7, 11) is 0. The molecule has 1 aromatic rings. The Balaban J connectivity index is 2.34. The second-order valence-electron chi connectivity index (χ2n) is 3.39. The molecule has 0 aliphatic rings. The van der Waals surface area contributed by atoms with Crippen LogP contribution >= 0.6 is 11.6 Å². The van der Waals surface area contributed by atoms with Gasteiger partial charge in [0, 0.05) is 6.54 Å². The topological polar surface area (TPSA) is 79.5 Å². The van der Waals surface area contributed by atoms with E-state index in [0.29, 0.717) is 6.42 Å². The number of carboxylic acids is 1. The molecule has 16 heavy (non-hydrogen) atoms. The zero-order chi connectivity index (χ0) is 12.1. The molecule has 0 aliphatic heterocycles. The molecule has 0 aromatic carbocycles. The highest BCUT2D eigenvalue weighted by molar-refractivity contribution is 6.29. The van der Waals surface area contributed by atoms with E-state index >= 15 is 0 Å². The fourth-order valence-corrected chi connectivity index (χ4v) is 1.20. The minimum absolute atomic E-state index is 0.118. The molecule has 2 N–H and O–H groups in total. The molecule has 0 spiro atoms. The van der Waals surface area contributed by atoms with Crippen LogP contribution in [0.4, 0.5) is 0 Å². The Hall–Kier alpha value is -1.49. The first kappa shape index (κ1) is 12.6. The van der Waals surface area contributed by atoms with Gasteiger partial charge in [-0.25, -0.2) is 0 Å². The molecule has 5 nitrogen and oxygen atoms in total. The van der Waals surface area contributed by atoms with E-state index in [1.807, 2.05) is 0 Å². The van der Waals surface area contributed by atoms with Crippen LogP contribution in [0.1, 0.15) is 23.9 Å². The third kappa shape index (κ3) is 3.58. The summed E-state index contributed by atoms with van der Waals surface area (Å²) < 4.78 is 4.89. The molecule has 0 aliphatic carbocycles. The van der Waals surface area contributed by atoms with E-state index in [1.54, 1.807) is 6.92 Å². The first-order valence-corrected chi connectivity index (χ1v) is 5.15. The number of carboxylic acid groups (broad SMARTS) is 1. The van der Waals surface area contributed by atoms with Crippen LogP contribution in [0.15, 0.2) is 16.5 Å². The predicted molar refractivity (Wildman–Crippen MR) is 57.5 cm³/mol. The molecule has 1 atom stereocenters. The summed E-state index contributed by atoms with van der Waals surface area (Å²) in [6, 6.07) is 2.93. The number of amides is 1. The van der Waals surface area contributed by atoms with Gasteiger partial charge in [-0.05, 0) is 30.2 Å². The summed E-state index contributed by atoms with van der Waals surface area (Å²) in [5.41, 5.74) is 0. The molecule has 0 radical (unpaired) electrons. The van der Waals surface area contributed by atoms with Gasteiger partial charge in [0.25, 0.3) is 5.91 Å². The Morgan fingerprint density at radius 3 is 2.75 bits per heavy atom. The van der Waals surface area contributed by atoms with Gasteiger partial charge in [-0.2, -0.15) is 0 Å². The van der Waals surface area contributed by atoms with Gasteiger partial charge in [-0.15, -0.1) is 0 Å². The number of hydrogen-bond acceptors (Lipinski definition) is 3. The molecular weight excluding hydrogens is 234 g/mol. The number of furan rings is 1. The minimum atomic E-state index is -0.879. The fourth-order valence-electron chi connectivity index (χ4n) is 1.05. The summed E-state index contributed by atoms with van der Waals surface area (Å²) in [4.78, 5) is 21.9. The van der Waals surface area contributed by atoms with Crippen LogP contribution in [-0.2, 0) is 4.79 Å². The van der Waals surface area contributed by atoms with Gasteiger partial charge >= 0.3 is 5.97 Å². The van der Waals surface area contributed by atoms with Gasteiger partial charge in [0.2, 0.25) is 0 Å². The standard InChI is InChI=1S/C10H12ClNO4/c1-6(10(14)15)4-5-12-9(13)7-2-3-8(11)16-7/h2-3,6H,4-5H2,1H3,(H,12,13)(H,14,15). The number of halogens is 1. The number of hydrogen-bond donors (Lipinski definition) is 2. The molecule has 1 amide bonds. The maximum atomic E-state index is 11.4. The van der Waals surface area contributed by atoms with Crippen LogP contribution in [-0.4, -0.2) is 23.5 Å². The lowest BCUT2D eigenvalue weighted by molar-refractivity contribution is -0.141. The monoisotopic (exact) mass is 245 g/mol. The lowest BCUT2D eigenvalue weighted by Crippen LogP contribution is -2.26. The van der Waals surface area contributed by atoms with E-state index in [0.717, 1.165) is 0 Å². The van der Waals surface area contributed by atoms with Gasteiger partial charge in [-0.3, -0.25) is 9.59 Å². The molecule has 1 heterocycles. The number of nitrogens with one attached hydrogen (secondary N) is 1. The average Bonchev–Trinajstić information content (AvgIpc) is 2.64. The van der Waals surface area contributed by atoms with Crippen LogP contribution in [0.2, 0.25) is 5.22 Å². The van der Waals surface area contributed by atoms with E-state index < -0.39 is 17.8 Å². The molecule has 0 saturated heterocycles. The van der Waals surface area contributed by atoms with E-state index in [-0.39, 0.29) is 17.5 Å². The lowest BCUT2D eigenvalue weighted by atomic mass is 10.1.